The molecule has 4 aliphatic carbocycles. The van der Waals surface area contributed by atoms with Crippen LogP contribution in [0.25, 0.3) is 0 Å². The first-order valence-corrected chi connectivity index (χ1v) is 17.7. The van der Waals surface area contributed by atoms with Gasteiger partial charge in [0.05, 0.1) is 11.9 Å². The van der Waals surface area contributed by atoms with Crippen LogP contribution in [0.5, 0.6) is 0 Å². The minimum absolute atomic E-state index is 0.00595. The van der Waals surface area contributed by atoms with Gasteiger partial charge in [0, 0.05) is 24.6 Å². The van der Waals surface area contributed by atoms with E-state index in [4.69, 9.17) is 4.55 Å². The second kappa shape index (κ2) is 12.2. The van der Waals surface area contributed by atoms with Gasteiger partial charge < -0.3 is 15.7 Å². The molecule has 1 aromatic rings. The number of hydrogen-bond donors (Lipinski definition) is 4. The molecule has 0 spiro atoms. The van der Waals surface area contributed by atoms with Crippen molar-refractivity contribution in [2.45, 2.75) is 97.1 Å². The first-order chi connectivity index (χ1) is 19.8. The lowest BCUT2D eigenvalue weighted by Gasteiger charge is -2.62. The molecule has 9 heteroatoms. The largest absolute Gasteiger partial charge is 0.393 e. The molecule has 8 nitrogen and oxygen atoms in total. The molecule has 42 heavy (non-hydrogen) atoms. The summed E-state index contributed by atoms with van der Waals surface area (Å²) in [7, 11) is -4.08. The molecular weight excluding hydrogens is 552 g/mol. The van der Waals surface area contributed by atoms with Crippen molar-refractivity contribution in [2.24, 2.45) is 46.3 Å². The Morgan fingerprint density at radius 2 is 1.69 bits per heavy atom. The molecule has 2 amide bonds. The van der Waals surface area contributed by atoms with Crippen molar-refractivity contribution in [3.05, 3.63) is 35.9 Å². The molecule has 4 fully saturated rings. The lowest BCUT2D eigenvalue weighted by Crippen LogP contribution is -2.59. The Kier molecular flexibility index (Phi) is 9.13. The van der Waals surface area contributed by atoms with Crippen molar-refractivity contribution in [1.29, 1.82) is 0 Å². The molecule has 4 saturated carbocycles. The van der Waals surface area contributed by atoms with Crippen molar-refractivity contribution in [3.8, 4) is 0 Å². The smallest absolute Gasteiger partial charge is 0.266 e. The maximum Gasteiger partial charge on any atom is 0.266 e. The zero-order valence-corrected chi connectivity index (χ0v) is 26.2. The predicted molar refractivity (Wildman–Crippen MR) is 162 cm³/mol. The van der Waals surface area contributed by atoms with Gasteiger partial charge in [-0.05, 0) is 116 Å². The molecule has 4 aliphatic rings. The van der Waals surface area contributed by atoms with Gasteiger partial charge in [-0.1, -0.05) is 39.0 Å². The molecule has 0 saturated heterocycles. The highest BCUT2D eigenvalue weighted by atomic mass is 32.2. The van der Waals surface area contributed by atoms with Gasteiger partial charge in [0.2, 0.25) is 5.91 Å². The minimum atomic E-state index is -4.08. The van der Waals surface area contributed by atoms with Gasteiger partial charge >= 0.3 is 0 Å². The highest BCUT2D eigenvalue weighted by Crippen LogP contribution is 2.68. The first kappa shape index (κ1) is 31.5. The van der Waals surface area contributed by atoms with Gasteiger partial charge in [0.1, 0.15) is 0 Å². The third-order valence-electron chi connectivity index (χ3n) is 12.3. The number of amides is 2. The summed E-state index contributed by atoms with van der Waals surface area (Å²) >= 11 is 0. The predicted octanol–water partition coefficient (Wildman–Crippen LogP) is 4.84. The van der Waals surface area contributed by atoms with Crippen LogP contribution in [0, 0.1) is 46.3 Å². The molecule has 0 heterocycles. The van der Waals surface area contributed by atoms with E-state index in [0.717, 1.165) is 57.8 Å². The van der Waals surface area contributed by atoms with Crippen LogP contribution < -0.4 is 10.6 Å². The molecule has 1 unspecified atom stereocenters. The van der Waals surface area contributed by atoms with Gasteiger partial charge in [-0.25, -0.2) is 0 Å². The highest BCUT2D eigenvalue weighted by molar-refractivity contribution is 7.85. The average Bonchev–Trinajstić information content (AvgIpc) is 3.29. The van der Waals surface area contributed by atoms with E-state index in [9.17, 15) is 23.1 Å². The average molecular weight is 603 g/mol. The van der Waals surface area contributed by atoms with Crippen molar-refractivity contribution in [3.63, 3.8) is 0 Å². The van der Waals surface area contributed by atoms with Crippen molar-refractivity contribution in [2.75, 3.05) is 12.3 Å². The van der Waals surface area contributed by atoms with Crippen LogP contribution in [0.15, 0.2) is 30.3 Å². The molecule has 0 aliphatic heterocycles. The number of nitrogens with one attached hydrogen (secondary N) is 2. The summed E-state index contributed by atoms with van der Waals surface area (Å²) in [5, 5.41) is 17.6. The standard InChI is InChI=1S/C33H50N2O6S/c1-21(9-12-29(37)34-17-18-42(39,40)41)25-10-11-26-30-27(14-16-33(25,26)3)32(2)15-13-24(19-23(32)20-28(30)36)35-31(38)22-7-5-4-6-8-22/h4-8,21,23-28,30,36H,9-20H2,1-3H3,(H,34,37)(H,35,38)(H,39,40,41)/t21-,23?,24-,25-,26+,27+,28+,30+,32+,33-/m1/s1. The van der Waals surface area contributed by atoms with Crippen LogP contribution in [0.3, 0.4) is 0 Å². The number of carbonyl (C=O) groups excluding carboxylic acids is 2. The van der Waals surface area contributed by atoms with E-state index in [1.807, 2.05) is 30.3 Å². The summed E-state index contributed by atoms with van der Waals surface area (Å²) in [6.07, 6.45) is 9.12. The zero-order chi connectivity index (χ0) is 30.3. The fourth-order valence-electron chi connectivity index (χ4n) is 10.2. The minimum Gasteiger partial charge on any atom is -0.393 e. The van der Waals surface area contributed by atoms with Crippen molar-refractivity contribution < 1.29 is 27.7 Å². The number of rotatable bonds is 9. The quantitative estimate of drug-likeness (QED) is 0.299. The number of carbonyl (C=O) groups is 2. The normalized spacial score (nSPS) is 38.5. The second-order valence-corrected chi connectivity index (χ2v) is 16.1. The summed E-state index contributed by atoms with van der Waals surface area (Å²) in [6.45, 7) is 7.08. The van der Waals surface area contributed by atoms with E-state index in [1.165, 1.54) is 0 Å². The van der Waals surface area contributed by atoms with E-state index in [2.05, 4.69) is 31.4 Å². The van der Waals surface area contributed by atoms with Crippen LogP contribution in [-0.2, 0) is 14.9 Å². The molecule has 234 valence electrons. The van der Waals surface area contributed by atoms with E-state index in [0.29, 0.717) is 47.5 Å². The highest BCUT2D eigenvalue weighted by Gasteiger charge is 2.62. The zero-order valence-electron chi connectivity index (χ0n) is 25.4. The third-order valence-corrected chi connectivity index (χ3v) is 13.0. The van der Waals surface area contributed by atoms with E-state index < -0.39 is 15.9 Å². The van der Waals surface area contributed by atoms with Crippen LogP contribution in [0.4, 0.5) is 0 Å². The maximum atomic E-state index is 12.8. The van der Waals surface area contributed by atoms with E-state index in [-0.39, 0.29) is 41.3 Å². The van der Waals surface area contributed by atoms with Gasteiger partial charge in [-0.3, -0.25) is 14.1 Å². The third kappa shape index (κ3) is 6.29. The Balaban J connectivity index is 1.19. The van der Waals surface area contributed by atoms with Crippen molar-refractivity contribution in [1.82, 2.24) is 10.6 Å². The fourth-order valence-corrected chi connectivity index (χ4v) is 10.5. The summed E-state index contributed by atoms with van der Waals surface area (Å²) in [5.74, 6) is 1.90. The maximum absolute atomic E-state index is 12.8. The number of aliphatic hydroxyl groups excluding tert-OH is 1. The van der Waals surface area contributed by atoms with Crippen LogP contribution in [0.1, 0.15) is 95.3 Å². The Morgan fingerprint density at radius 3 is 2.40 bits per heavy atom. The van der Waals surface area contributed by atoms with Crippen LogP contribution >= 0.6 is 0 Å². The van der Waals surface area contributed by atoms with Crippen LogP contribution in [0.2, 0.25) is 0 Å². The first-order valence-electron chi connectivity index (χ1n) is 16.1. The molecular formula is C33H50N2O6S. The number of hydrogen-bond acceptors (Lipinski definition) is 5. The van der Waals surface area contributed by atoms with E-state index >= 15 is 0 Å². The summed E-state index contributed by atoms with van der Waals surface area (Å²) in [6, 6.07) is 9.56. The number of benzene rings is 1. The Hall–Kier alpha value is -1.97. The summed E-state index contributed by atoms with van der Waals surface area (Å²) in [5.41, 5.74) is 1.03. The summed E-state index contributed by atoms with van der Waals surface area (Å²) < 4.78 is 30.7. The van der Waals surface area contributed by atoms with Gasteiger partial charge in [-0.15, -0.1) is 0 Å². The molecule has 5 rings (SSSR count). The monoisotopic (exact) mass is 602 g/mol. The Morgan fingerprint density at radius 1 is 1.00 bits per heavy atom. The summed E-state index contributed by atoms with van der Waals surface area (Å²) in [4.78, 5) is 25.2. The lowest BCUT2D eigenvalue weighted by molar-refractivity contribution is -0.166. The molecule has 0 bridgehead atoms. The topological polar surface area (TPSA) is 133 Å². The molecule has 4 N–H and O–H groups in total. The van der Waals surface area contributed by atoms with E-state index in [1.54, 1.807) is 0 Å². The number of fused-ring (bicyclic) bond motifs is 5. The number of aliphatic hydroxyl groups is 1. The fraction of sp³-hybridized carbons (Fsp3) is 0.758. The van der Waals surface area contributed by atoms with Crippen LogP contribution in [-0.4, -0.2) is 54.3 Å². The molecule has 0 aromatic heterocycles. The van der Waals surface area contributed by atoms with Gasteiger partial charge in [0.25, 0.3) is 16.0 Å². The lowest BCUT2D eigenvalue weighted by atomic mass is 9.43. The SMILES string of the molecule is C[C@H](CCC(=O)NCCS(=O)(=O)O)[C@H]1CC[C@H]2[C@@H]3[C@@H](O)CC4C[C@H](NC(=O)c5ccccc5)CC[C@]4(C)[C@H]3CC[C@]12C. The Labute approximate surface area is 251 Å². The molecule has 10 atom stereocenters. The second-order valence-electron chi connectivity index (χ2n) is 14.5. The van der Waals surface area contributed by atoms with Gasteiger partial charge in [-0.2, -0.15) is 8.42 Å². The molecule has 1 aromatic carbocycles. The Bertz CT molecular complexity index is 1240. The van der Waals surface area contributed by atoms with Gasteiger partial charge in [0.15, 0.2) is 0 Å². The molecule has 0 radical (unpaired) electrons. The van der Waals surface area contributed by atoms with Crippen molar-refractivity contribution >= 4 is 21.9 Å².